The van der Waals surface area contributed by atoms with Gasteiger partial charge >= 0.3 is 5.97 Å². The maximum atomic E-state index is 10.5. The van der Waals surface area contributed by atoms with Crippen molar-refractivity contribution in [3.05, 3.63) is 34.3 Å². The second-order valence-electron chi connectivity index (χ2n) is 4.29. The molecule has 1 rings (SSSR count). The quantitative estimate of drug-likeness (QED) is 0.876. The van der Waals surface area contributed by atoms with Gasteiger partial charge in [-0.05, 0) is 38.6 Å². The Hall–Kier alpha value is -0.870. The van der Waals surface area contributed by atoms with E-state index in [0.29, 0.717) is 6.42 Å². The highest BCUT2D eigenvalue weighted by atomic mass is 79.9. The van der Waals surface area contributed by atoms with Gasteiger partial charge in [0, 0.05) is 16.9 Å². The maximum Gasteiger partial charge on any atom is 0.303 e. The number of benzene rings is 1. The molecule has 94 valence electrons. The molecule has 0 saturated heterocycles. The smallest absolute Gasteiger partial charge is 0.303 e. The van der Waals surface area contributed by atoms with Crippen molar-refractivity contribution in [2.24, 2.45) is 0 Å². The van der Waals surface area contributed by atoms with Gasteiger partial charge in [-0.25, -0.2) is 0 Å². The van der Waals surface area contributed by atoms with E-state index in [1.807, 2.05) is 32.3 Å². The molecule has 0 bridgehead atoms. The molecule has 1 unspecified atom stereocenters. The largest absolute Gasteiger partial charge is 0.481 e. The molecular weight excluding hydrogens is 282 g/mol. The van der Waals surface area contributed by atoms with Crippen LogP contribution in [0.15, 0.2) is 28.7 Å². The number of carboxylic acids is 1. The molecule has 17 heavy (non-hydrogen) atoms. The second kappa shape index (κ2) is 6.77. The third kappa shape index (κ3) is 4.48. The number of nitrogens with zero attached hydrogens (tertiary/aromatic N) is 1. The lowest BCUT2D eigenvalue weighted by Gasteiger charge is -2.25. The van der Waals surface area contributed by atoms with Gasteiger partial charge in [-0.1, -0.05) is 34.1 Å². The molecule has 3 nitrogen and oxygen atoms in total. The van der Waals surface area contributed by atoms with E-state index >= 15 is 0 Å². The van der Waals surface area contributed by atoms with Gasteiger partial charge in [0.25, 0.3) is 0 Å². The SMILES string of the molecule is CN(C)C(CCCC(=O)O)c1ccccc1Br. The van der Waals surface area contributed by atoms with E-state index in [2.05, 4.69) is 26.9 Å². The van der Waals surface area contributed by atoms with Gasteiger partial charge in [0.15, 0.2) is 0 Å². The average Bonchev–Trinajstić information content (AvgIpc) is 2.25. The number of carboxylic acid groups (broad SMARTS) is 1. The number of carbonyl (C=O) groups is 1. The van der Waals surface area contributed by atoms with Crippen molar-refractivity contribution in [2.45, 2.75) is 25.3 Å². The third-order valence-corrected chi connectivity index (χ3v) is 3.48. The standard InChI is InChI=1S/C13H18BrNO2/c1-15(2)12(8-5-9-13(16)17)10-6-3-4-7-11(10)14/h3-4,6-7,12H,5,8-9H2,1-2H3,(H,16,17). The summed E-state index contributed by atoms with van der Waals surface area (Å²) in [6, 6.07) is 8.34. The number of hydrogen-bond acceptors (Lipinski definition) is 2. The van der Waals surface area contributed by atoms with Crippen LogP contribution in [-0.2, 0) is 4.79 Å². The first kappa shape index (κ1) is 14.2. The summed E-state index contributed by atoms with van der Waals surface area (Å²) in [5, 5.41) is 8.67. The summed E-state index contributed by atoms with van der Waals surface area (Å²) in [5.74, 6) is -0.727. The molecule has 0 spiro atoms. The van der Waals surface area contributed by atoms with Crippen molar-refractivity contribution in [3.8, 4) is 0 Å². The predicted octanol–water partition coefficient (Wildman–Crippen LogP) is 3.31. The van der Waals surface area contributed by atoms with Crippen LogP contribution in [0, 0.1) is 0 Å². The van der Waals surface area contributed by atoms with Crippen molar-refractivity contribution >= 4 is 21.9 Å². The lowest BCUT2D eigenvalue weighted by Crippen LogP contribution is -2.20. The molecule has 0 aromatic heterocycles. The molecule has 0 aliphatic carbocycles. The number of aliphatic carboxylic acids is 1. The van der Waals surface area contributed by atoms with E-state index in [9.17, 15) is 4.79 Å². The molecule has 0 radical (unpaired) electrons. The summed E-state index contributed by atoms with van der Waals surface area (Å²) in [7, 11) is 4.04. The number of rotatable bonds is 6. The molecule has 1 N–H and O–H groups in total. The zero-order valence-corrected chi connectivity index (χ0v) is 11.8. The first-order valence-electron chi connectivity index (χ1n) is 5.65. The van der Waals surface area contributed by atoms with E-state index in [4.69, 9.17) is 5.11 Å². The highest BCUT2D eigenvalue weighted by Gasteiger charge is 2.16. The van der Waals surface area contributed by atoms with Crippen molar-refractivity contribution in [1.82, 2.24) is 4.90 Å². The number of halogens is 1. The minimum Gasteiger partial charge on any atom is -0.481 e. The van der Waals surface area contributed by atoms with Gasteiger partial charge in [-0.3, -0.25) is 4.79 Å². The molecule has 1 atom stereocenters. The van der Waals surface area contributed by atoms with E-state index < -0.39 is 5.97 Å². The van der Waals surface area contributed by atoms with Gasteiger partial charge < -0.3 is 10.0 Å². The highest BCUT2D eigenvalue weighted by Crippen LogP contribution is 2.30. The maximum absolute atomic E-state index is 10.5. The molecule has 0 heterocycles. The van der Waals surface area contributed by atoms with Crippen LogP contribution < -0.4 is 0 Å². The lowest BCUT2D eigenvalue weighted by molar-refractivity contribution is -0.137. The molecule has 0 saturated carbocycles. The Morgan fingerprint density at radius 3 is 2.59 bits per heavy atom. The average molecular weight is 300 g/mol. The molecule has 0 aliphatic heterocycles. The Kier molecular flexibility index (Phi) is 5.65. The van der Waals surface area contributed by atoms with Crippen molar-refractivity contribution in [1.29, 1.82) is 0 Å². The van der Waals surface area contributed by atoms with Crippen molar-refractivity contribution < 1.29 is 9.90 Å². The third-order valence-electron chi connectivity index (χ3n) is 2.76. The van der Waals surface area contributed by atoms with Crippen LogP contribution in [0.3, 0.4) is 0 Å². The van der Waals surface area contributed by atoms with E-state index in [1.54, 1.807) is 0 Å². The van der Waals surface area contributed by atoms with Crippen LogP contribution in [0.1, 0.15) is 30.9 Å². The minimum absolute atomic E-state index is 0.231. The van der Waals surface area contributed by atoms with Crippen LogP contribution >= 0.6 is 15.9 Å². The van der Waals surface area contributed by atoms with Gasteiger partial charge in [0.05, 0.1) is 0 Å². The minimum atomic E-state index is -0.727. The highest BCUT2D eigenvalue weighted by molar-refractivity contribution is 9.10. The predicted molar refractivity (Wildman–Crippen MR) is 72.1 cm³/mol. The first-order valence-corrected chi connectivity index (χ1v) is 6.44. The Bertz CT molecular complexity index is 379. The van der Waals surface area contributed by atoms with E-state index in [-0.39, 0.29) is 12.5 Å². The monoisotopic (exact) mass is 299 g/mol. The van der Waals surface area contributed by atoms with Gasteiger partial charge in [-0.2, -0.15) is 0 Å². The fourth-order valence-corrected chi connectivity index (χ4v) is 2.43. The van der Waals surface area contributed by atoms with Crippen molar-refractivity contribution in [3.63, 3.8) is 0 Å². The molecule has 1 aromatic carbocycles. The summed E-state index contributed by atoms with van der Waals surface area (Å²) in [6.45, 7) is 0. The van der Waals surface area contributed by atoms with Crippen molar-refractivity contribution in [2.75, 3.05) is 14.1 Å². The fraction of sp³-hybridized carbons (Fsp3) is 0.462. The molecule has 4 heteroatoms. The normalized spacial score (nSPS) is 12.7. The summed E-state index contributed by atoms with van der Waals surface area (Å²) in [5.41, 5.74) is 1.21. The van der Waals surface area contributed by atoms with E-state index in [1.165, 1.54) is 5.56 Å². The molecule has 0 amide bonds. The summed E-state index contributed by atoms with van der Waals surface area (Å²) < 4.78 is 1.08. The van der Waals surface area contributed by atoms with Gasteiger partial charge in [0.2, 0.25) is 0 Å². The van der Waals surface area contributed by atoms with E-state index in [0.717, 1.165) is 10.9 Å². The van der Waals surface area contributed by atoms with Gasteiger partial charge in [-0.15, -0.1) is 0 Å². The van der Waals surface area contributed by atoms with Crippen LogP contribution in [0.5, 0.6) is 0 Å². The summed E-state index contributed by atoms with van der Waals surface area (Å²) in [6.07, 6.45) is 1.77. The summed E-state index contributed by atoms with van der Waals surface area (Å²) >= 11 is 3.54. The molecule has 0 aliphatic rings. The van der Waals surface area contributed by atoms with Crippen LogP contribution in [0.4, 0.5) is 0 Å². The summed E-state index contributed by atoms with van der Waals surface area (Å²) in [4.78, 5) is 12.7. The first-order chi connectivity index (χ1) is 8.02. The second-order valence-corrected chi connectivity index (χ2v) is 5.14. The van der Waals surface area contributed by atoms with Crippen LogP contribution in [0.25, 0.3) is 0 Å². The Morgan fingerprint density at radius 2 is 2.06 bits per heavy atom. The lowest BCUT2D eigenvalue weighted by atomic mass is 10.00. The van der Waals surface area contributed by atoms with Crippen LogP contribution in [0.2, 0.25) is 0 Å². The van der Waals surface area contributed by atoms with Gasteiger partial charge in [0.1, 0.15) is 0 Å². The zero-order chi connectivity index (χ0) is 12.8. The fourth-order valence-electron chi connectivity index (χ4n) is 1.88. The zero-order valence-electron chi connectivity index (χ0n) is 10.2. The topological polar surface area (TPSA) is 40.5 Å². The Balaban J connectivity index is 2.73. The molecule has 0 fully saturated rings. The van der Waals surface area contributed by atoms with Crippen LogP contribution in [-0.4, -0.2) is 30.1 Å². The molecular formula is C13H18BrNO2. The number of hydrogen-bond donors (Lipinski definition) is 1. The molecule has 1 aromatic rings. The Labute approximate surface area is 111 Å². The Morgan fingerprint density at radius 1 is 1.41 bits per heavy atom.